The Labute approximate surface area is 314 Å². The third-order valence-corrected chi connectivity index (χ3v) is 10.8. The Kier molecular flexibility index (Phi) is 11.1. The highest BCUT2D eigenvalue weighted by Gasteiger charge is 2.63. The Hall–Kier alpha value is -5.52. The third kappa shape index (κ3) is 7.09. The summed E-state index contributed by atoms with van der Waals surface area (Å²) in [7, 11) is 9.03. The summed E-state index contributed by atoms with van der Waals surface area (Å²) in [5.74, 6) is 0.231. The molecular formula is C42H47F2NO9. The number of nitrogens with two attached hydrogens (primary N) is 1. The van der Waals surface area contributed by atoms with Gasteiger partial charge in [0.15, 0.2) is 46.1 Å². The van der Waals surface area contributed by atoms with Crippen LogP contribution in [0.2, 0.25) is 0 Å². The van der Waals surface area contributed by atoms with Gasteiger partial charge in [0.25, 0.3) is 0 Å². The first-order chi connectivity index (χ1) is 25.5. The van der Waals surface area contributed by atoms with Crippen molar-refractivity contribution in [2.24, 2.45) is 22.7 Å². The van der Waals surface area contributed by atoms with Gasteiger partial charge < -0.3 is 39.3 Å². The highest BCUT2D eigenvalue weighted by molar-refractivity contribution is 6.03. The quantitative estimate of drug-likeness (QED) is 0.108. The second-order valence-electron chi connectivity index (χ2n) is 14.6. The van der Waals surface area contributed by atoms with E-state index in [1.807, 2.05) is 27.7 Å². The first kappa shape index (κ1) is 39.7. The smallest absolute Gasteiger partial charge is 0.203 e. The monoisotopic (exact) mass is 747 g/mol. The first-order valence-corrected chi connectivity index (χ1v) is 17.2. The van der Waals surface area contributed by atoms with E-state index in [9.17, 15) is 23.5 Å². The van der Waals surface area contributed by atoms with E-state index >= 15 is 0 Å². The van der Waals surface area contributed by atoms with Crippen LogP contribution in [0.15, 0.2) is 60.7 Å². The molecule has 0 heterocycles. The van der Waals surface area contributed by atoms with Crippen LogP contribution in [0.4, 0.5) is 14.5 Å². The van der Waals surface area contributed by atoms with E-state index < -0.39 is 17.4 Å². The highest BCUT2D eigenvalue weighted by Crippen LogP contribution is 2.67. The molecule has 4 aromatic rings. The van der Waals surface area contributed by atoms with E-state index in [0.29, 0.717) is 45.6 Å². The number of rotatable bonds is 12. The van der Waals surface area contributed by atoms with Crippen molar-refractivity contribution >= 4 is 17.3 Å². The van der Waals surface area contributed by atoms with E-state index in [-0.39, 0.29) is 51.8 Å². The highest BCUT2D eigenvalue weighted by atomic mass is 19.1. The Morgan fingerprint density at radius 3 is 1.24 bits per heavy atom. The summed E-state index contributed by atoms with van der Waals surface area (Å²) in [6.45, 7) is 8.02. The Bertz CT molecular complexity index is 1880. The molecule has 0 radical (unpaired) electrons. The lowest BCUT2D eigenvalue weighted by Gasteiger charge is -2.14. The van der Waals surface area contributed by atoms with Crippen LogP contribution in [0.1, 0.15) is 71.4 Å². The Morgan fingerprint density at radius 1 is 0.574 bits per heavy atom. The summed E-state index contributed by atoms with van der Waals surface area (Å²) in [5, 5.41) is 9.68. The number of Topliss-reactive ketones (excluding diaryl/α,β-unsaturated/α-hetero) is 2. The molecule has 10 nitrogen and oxygen atoms in total. The number of aromatic hydroxyl groups is 1. The number of phenolic OH excluding ortho intramolecular Hbond substituents is 1. The number of hydrogen-bond donors (Lipinski definition) is 2. The minimum atomic E-state index is -0.676. The summed E-state index contributed by atoms with van der Waals surface area (Å²) < 4.78 is 58.8. The van der Waals surface area contributed by atoms with E-state index in [1.54, 1.807) is 42.5 Å². The van der Waals surface area contributed by atoms with Crippen molar-refractivity contribution in [1.82, 2.24) is 0 Å². The predicted molar refractivity (Wildman–Crippen MR) is 200 cm³/mol. The van der Waals surface area contributed by atoms with Crippen molar-refractivity contribution in [1.29, 1.82) is 0 Å². The summed E-state index contributed by atoms with van der Waals surface area (Å²) >= 11 is 0. The number of anilines is 1. The summed E-state index contributed by atoms with van der Waals surface area (Å²) in [6.07, 6.45) is 0. The minimum Gasteiger partial charge on any atom is -0.505 e. The van der Waals surface area contributed by atoms with Gasteiger partial charge >= 0.3 is 0 Å². The number of benzene rings is 4. The Morgan fingerprint density at radius 2 is 0.926 bits per heavy atom. The Balaban J connectivity index is 0.000000208. The van der Waals surface area contributed by atoms with Crippen LogP contribution in [-0.4, -0.2) is 59.3 Å². The van der Waals surface area contributed by atoms with Crippen molar-refractivity contribution in [2.75, 3.05) is 48.4 Å². The van der Waals surface area contributed by atoms with Gasteiger partial charge in [0.05, 0.1) is 48.3 Å². The number of methoxy groups -OCH3 is 6. The van der Waals surface area contributed by atoms with Crippen molar-refractivity contribution in [3.63, 3.8) is 0 Å². The van der Waals surface area contributed by atoms with Gasteiger partial charge in [0.1, 0.15) is 5.82 Å². The van der Waals surface area contributed by atoms with Crippen LogP contribution in [-0.2, 0) is 0 Å². The molecule has 4 unspecified atom stereocenters. The third-order valence-electron chi connectivity index (χ3n) is 10.8. The van der Waals surface area contributed by atoms with Crippen LogP contribution in [0.25, 0.3) is 0 Å². The van der Waals surface area contributed by atoms with E-state index in [4.69, 9.17) is 34.2 Å². The fourth-order valence-corrected chi connectivity index (χ4v) is 7.78. The number of carbonyl (C=O) groups is 2. The molecule has 12 heteroatoms. The number of ether oxygens (including phenoxy) is 6. The summed E-state index contributed by atoms with van der Waals surface area (Å²) in [5.41, 5.74) is 7.77. The van der Waals surface area contributed by atoms with Crippen molar-refractivity contribution in [3.8, 4) is 40.2 Å². The fraction of sp³-hybridized carbons (Fsp3) is 0.381. The minimum absolute atomic E-state index is 0.0212. The molecule has 0 bridgehead atoms. The molecule has 3 N–H and O–H groups in total. The molecular weight excluding hydrogens is 700 g/mol. The lowest BCUT2D eigenvalue weighted by Crippen LogP contribution is -2.08. The van der Waals surface area contributed by atoms with E-state index in [2.05, 4.69) is 0 Å². The van der Waals surface area contributed by atoms with E-state index in [0.717, 1.165) is 11.1 Å². The summed E-state index contributed by atoms with van der Waals surface area (Å²) in [6, 6.07) is 15.5. The van der Waals surface area contributed by atoms with Gasteiger partial charge in [0, 0.05) is 34.8 Å². The zero-order valence-corrected chi connectivity index (χ0v) is 32.1. The fourth-order valence-electron chi connectivity index (χ4n) is 7.78. The van der Waals surface area contributed by atoms with Crippen molar-refractivity contribution in [3.05, 3.63) is 94.6 Å². The molecule has 0 amide bonds. The van der Waals surface area contributed by atoms with Crippen LogP contribution in [0.3, 0.4) is 0 Å². The molecule has 288 valence electrons. The standard InChI is InChI=1S/C21H24FNO4.C21H23FO5/c2*1-21(2)17(11-6-7-13(22)14(23)8-11)18(21)19(24)12-9-15(25-3)20(27-5)16(10-12)26-4/h6-10,17-18H,23H2,1-5H3;6-10,17-18,23H,1-5H3. The predicted octanol–water partition coefficient (Wildman–Crippen LogP) is 8.24. The first-order valence-electron chi connectivity index (χ1n) is 17.2. The maximum atomic E-state index is 13.5. The van der Waals surface area contributed by atoms with Crippen LogP contribution < -0.4 is 34.2 Å². The number of nitrogen functional groups attached to an aromatic ring is 1. The lowest BCUT2D eigenvalue weighted by atomic mass is 10.0. The second kappa shape index (κ2) is 15.1. The van der Waals surface area contributed by atoms with Crippen molar-refractivity contribution < 1.29 is 51.9 Å². The molecule has 4 atom stereocenters. The largest absolute Gasteiger partial charge is 0.505 e. The molecule has 6 rings (SSSR count). The maximum absolute atomic E-state index is 13.5. The number of phenols is 1. The van der Waals surface area contributed by atoms with E-state index in [1.165, 1.54) is 60.9 Å². The number of carbonyl (C=O) groups excluding carboxylic acids is 2. The molecule has 0 saturated heterocycles. The zero-order valence-electron chi connectivity index (χ0n) is 32.1. The van der Waals surface area contributed by atoms with Crippen molar-refractivity contribution in [2.45, 2.75) is 39.5 Å². The van der Waals surface area contributed by atoms with Gasteiger partial charge in [-0.05, 0) is 70.5 Å². The van der Waals surface area contributed by atoms with Gasteiger partial charge in [0.2, 0.25) is 11.5 Å². The zero-order chi connectivity index (χ0) is 39.9. The average Bonchev–Trinajstić information content (AvgIpc) is 3.96. The molecule has 54 heavy (non-hydrogen) atoms. The van der Waals surface area contributed by atoms with Gasteiger partial charge in [-0.15, -0.1) is 0 Å². The van der Waals surface area contributed by atoms with Gasteiger partial charge in [-0.2, -0.15) is 0 Å². The maximum Gasteiger partial charge on any atom is 0.203 e. The normalized spacial score (nSPS) is 20.1. The van der Waals surface area contributed by atoms with Crippen LogP contribution >= 0.6 is 0 Å². The van der Waals surface area contributed by atoms with Gasteiger partial charge in [-0.25, -0.2) is 8.78 Å². The topological polar surface area (TPSA) is 136 Å². The second-order valence-corrected chi connectivity index (χ2v) is 14.6. The molecule has 0 aromatic heterocycles. The molecule has 2 fully saturated rings. The SMILES string of the molecule is COc1cc(C(=O)C2C(c3ccc(F)c(N)c3)C2(C)C)cc(OC)c1OC.COc1cc(C(=O)C2C(c3ccc(F)c(O)c3)C2(C)C)cc(OC)c1OC. The number of ketones is 2. The average molecular weight is 748 g/mol. The molecule has 2 aliphatic rings. The molecule has 0 aliphatic heterocycles. The van der Waals surface area contributed by atoms with Crippen LogP contribution in [0, 0.1) is 34.3 Å². The molecule has 2 saturated carbocycles. The number of halogens is 2. The summed E-state index contributed by atoms with van der Waals surface area (Å²) in [4.78, 5) is 26.4. The molecule has 0 spiro atoms. The van der Waals surface area contributed by atoms with Gasteiger partial charge in [-0.3, -0.25) is 9.59 Å². The van der Waals surface area contributed by atoms with Gasteiger partial charge in [-0.1, -0.05) is 39.8 Å². The molecule has 2 aliphatic carbocycles. The molecule has 4 aromatic carbocycles. The number of hydrogen-bond acceptors (Lipinski definition) is 10. The van der Waals surface area contributed by atoms with Crippen LogP contribution in [0.5, 0.6) is 40.2 Å². The lowest BCUT2D eigenvalue weighted by molar-refractivity contribution is 0.0943.